The molecule has 5 fully saturated rings. The summed E-state index contributed by atoms with van der Waals surface area (Å²) in [5.74, 6) is 0.560. The summed E-state index contributed by atoms with van der Waals surface area (Å²) in [6.45, 7) is 8.77. The number of urea groups is 1. The van der Waals surface area contributed by atoms with Gasteiger partial charge < -0.3 is 28.8 Å². The van der Waals surface area contributed by atoms with Gasteiger partial charge in [0.25, 0.3) is 11.5 Å². The number of piperidine rings is 1. The first-order valence-corrected chi connectivity index (χ1v) is 20.5. The maximum absolute atomic E-state index is 15.2. The van der Waals surface area contributed by atoms with Crippen molar-refractivity contribution in [3.05, 3.63) is 76.5 Å². The highest BCUT2D eigenvalue weighted by Crippen LogP contribution is 2.44. The summed E-state index contributed by atoms with van der Waals surface area (Å²) in [5, 5.41) is 5.11. The molecule has 1 spiro atoms. The highest BCUT2D eigenvalue weighted by molar-refractivity contribution is 6.06. The normalized spacial score (nSPS) is 22.5. The number of fused-ring (bicyclic) bond motifs is 1. The van der Waals surface area contributed by atoms with E-state index in [0.717, 1.165) is 95.4 Å². The van der Waals surface area contributed by atoms with Crippen molar-refractivity contribution in [2.24, 2.45) is 11.3 Å². The van der Waals surface area contributed by atoms with Crippen molar-refractivity contribution in [3.8, 4) is 5.75 Å². The molecule has 15 heteroatoms. The number of rotatable bonds is 10. The third-order valence-corrected chi connectivity index (χ3v) is 12.5. The maximum Gasteiger partial charge on any atom is 0.328 e. The van der Waals surface area contributed by atoms with E-state index in [0.29, 0.717) is 34.7 Å². The molecule has 0 radical (unpaired) electrons. The Labute approximate surface area is 330 Å². The average molecular weight is 780 g/mol. The lowest BCUT2D eigenvalue weighted by molar-refractivity contribution is -0.120. The van der Waals surface area contributed by atoms with E-state index in [4.69, 9.17) is 9.72 Å². The van der Waals surface area contributed by atoms with Crippen LogP contribution in [-0.4, -0.2) is 87.1 Å². The minimum Gasteiger partial charge on any atom is -0.490 e. The standard InChI is InChI=1S/C42H50FN9O5/c1-26(2)57-35-19-36-45-34(23-50(36)22-31(35)39(54)46-33-4-3-14-51(40(33)55)29-9-10-29)28-7-5-27(6-8-28)21-48-24-42(25-48)12-16-49(17-13-42)38-32(43)18-30(20-44-38)52-15-11-37(53)47-41(52)56/h3-4,14,18-20,22-23,26-29H,5-13,15-17,21,24-25H2,1-2H3,(H,46,54)(H,47,53,56). The van der Waals surface area contributed by atoms with E-state index in [2.05, 4.69) is 20.5 Å². The lowest BCUT2D eigenvalue weighted by atomic mass is 9.71. The molecule has 0 unspecified atom stereocenters. The van der Waals surface area contributed by atoms with E-state index in [1.165, 1.54) is 17.2 Å². The average Bonchev–Trinajstić information content (AvgIpc) is 3.93. The van der Waals surface area contributed by atoms with Crippen LogP contribution in [-0.2, 0) is 4.79 Å². The first-order chi connectivity index (χ1) is 27.5. The van der Waals surface area contributed by atoms with Gasteiger partial charge in [-0.2, -0.15) is 0 Å². The first-order valence-electron chi connectivity index (χ1n) is 20.5. The largest absolute Gasteiger partial charge is 0.490 e. The predicted octanol–water partition coefficient (Wildman–Crippen LogP) is 5.73. The van der Waals surface area contributed by atoms with Crippen LogP contribution < -0.4 is 30.7 Å². The van der Waals surface area contributed by atoms with Gasteiger partial charge in [-0.25, -0.2) is 19.2 Å². The van der Waals surface area contributed by atoms with E-state index in [1.54, 1.807) is 29.1 Å². The van der Waals surface area contributed by atoms with Gasteiger partial charge in [0.1, 0.15) is 17.1 Å². The van der Waals surface area contributed by atoms with Gasteiger partial charge in [-0.15, -0.1) is 0 Å². The number of hydrogen-bond acceptors (Lipinski definition) is 9. The number of hydrogen-bond donors (Lipinski definition) is 2. The smallest absolute Gasteiger partial charge is 0.328 e. The molecule has 4 amide bonds. The van der Waals surface area contributed by atoms with Crippen molar-refractivity contribution in [2.45, 2.75) is 89.7 Å². The van der Waals surface area contributed by atoms with E-state index in [9.17, 15) is 19.2 Å². The van der Waals surface area contributed by atoms with E-state index >= 15 is 4.39 Å². The lowest BCUT2D eigenvalue weighted by Gasteiger charge is -2.55. The monoisotopic (exact) mass is 779 g/mol. The van der Waals surface area contributed by atoms with Gasteiger partial charge in [0.05, 0.1) is 29.2 Å². The minimum atomic E-state index is -0.550. The van der Waals surface area contributed by atoms with Crippen LogP contribution in [0.15, 0.2) is 53.8 Å². The fourth-order valence-electron chi connectivity index (χ4n) is 9.35. The molecular weight excluding hydrogens is 730 g/mol. The zero-order valence-electron chi connectivity index (χ0n) is 32.6. The third kappa shape index (κ3) is 7.61. The number of anilines is 3. The first kappa shape index (κ1) is 37.3. The number of carbonyl (C=O) groups excluding carboxylic acids is 3. The second-order valence-electron chi connectivity index (χ2n) is 17.1. The molecule has 2 saturated carbocycles. The Hall–Kier alpha value is -5.31. The van der Waals surface area contributed by atoms with E-state index in [1.807, 2.05) is 35.4 Å². The number of ether oxygens (including phenoxy) is 1. The highest BCUT2D eigenvalue weighted by atomic mass is 19.1. The second-order valence-corrected chi connectivity index (χ2v) is 17.1. The van der Waals surface area contributed by atoms with Crippen LogP contribution in [0.1, 0.15) is 99.6 Å². The zero-order valence-corrected chi connectivity index (χ0v) is 32.6. The van der Waals surface area contributed by atoms with Gasteiger partial charge in [0, 0.05) is 88.4 Å². The van der Waals surface area contributed by atoms with Crippen molar-refractivity contribution in [3.63, 3.8) is 0 Å². The fourth-order valence-corrected chi connectivity index (χ4v) is 9.35. The molecular formula is C42H50FN9O5. The highest BCUT2D eigenvalue weighted by Gasteiger charge is 2.45. The van der Waals surface area contributed by atoms with Crippen LogP contribution in [0, 0.1) is 17.2 Å². The second kappa shape index (κ2) is 14.9. The molecule has 2 aliphatic carbocycles. The Kier molecular flexibility index (Phi) is 9.74. The summed E-state index contributed by atoms with van der Waals surface area (Å²) in [6.07, 6.45) is 15.4. The Balaban J connectivity index is 0.773. The summed E-state index contributed by atoms with van der Waals surface area (Å²) in [7, 11) is 0. The number of aromatic nitrogens is 4. The molecule has 5 aliphatic rings. The number of pyridine rings is 3. The number of nitrogens with zero attached hydrogens (tertiary/aromatic N) is 7. The van der Waals surface area contributed by atoms with Crippen LogP contribution in [0.5, 0.6) is 5.75 Å². The molecule has 9 rings (SSSR count). The van der Waals surface area contributed by atoms with Crippen molar-refractivity contribution in [2.75, 3.05) is 54.4 Å². The zero-order chi connectivity index (χ0) is 39.4. The van der Waals surface area contributed by atoms with Gasteiger partial charge in [0.15, 0.2) is 11.6 Å². The predicted molar refractivity (Wildman–Crippen MR) is 213 cm³/mol. The SMILES string of the molecule is CC(C)Oc1cc2nc(C3CCC(CN4CC5(CCN(c6ncc(N7CCC(=O)NC7=O)cc6F)CC5)C4)CC3)cn2cc1C(=O)Nc1cccn(C2CC2)c1=O. The van der Waals surface area contributed by atoms with Crippen molar-refractivity contribution in [1.29, 1.82) is 0 Å². The summed E-state index contributed by atoms with van der Waals surface area (Å²) >= 11 is 0. The van der Waals surface area contributed by atoms with Gasteiger partial charge in [-0.05, 0) is 88.7 Å². The van der Waals surface area contributed by atoms with Crippen LogP contribution in [0.25, 0.3) is 5.65 Å². The number of halogens is 1. The Morgan fingerprint density at radius 2 is 1.81 bits per heavy atom. The molecule has 300 valence electrons. The number of imidazole rings is 1. The summed E-state index contributed by atoms with van der Waals surface area (Å²) in [4.78, 5) is 65.7. The molecule has 4 aromatic heterocycles. The fraction of sp³-hybridized carbons (Fsp3) is 0.524. The Bertz CT molecular complexity index is 2260. The molecule has 7 heterocycles. The summed E-state index contributed by atoms with van der Waals surface area (Å²) in [5.41, 5.74) is 2.79. The van der Waals surface area contributed by atoms with Gasteiger partial charge in [-0.1, -0.05) is 0 Å². The number of likely N-dealkylation sites (tertiary alicyclic amines) is 1. The summed E-state index contributed by atoms with van der Waals surface area (Å²) < 4.78 is 24.9. The number of nitrogens with one attached hydrogen (secondary N) is 2. The third-order valence-electron chi connectivity index (χ3n) is 12.5. The Morgan fingerprint density at radius 1 is 1.04 bits per heavy atom. The van der Waals surface area contributed by atoms with Gasteiger partial charge in [0.2, 0.25) is 5.91 Å². The van der Waals surface area contributed by atoms with Crippen LogP contribution in [0.2, 0.25) is 0 Å². The summed E-state index contributed by atoms with van der Waals surface area (Å²) in [6, 6.07) is 6.27. The molecule has 2 N–H and O–H groups in total. The van der Waals surface area contributed by atoms with E-state index < -0.39 is 17.8 Å². The Morgan fingerprint density at radius 3 is 2.51 bits per heavy atom. The van der Waals surface area contributed by atoms with Crippen LogP contribution in [0.4, 0.5) is 26.4 Å². The molecule has 14 nitrogen and oxygen atoms in total. The minimum absolute atomic E-state index is 0.153. The van der Waals surface area contributed by atoms with Crippen LogP contribution >= 0.6 is 0 Å². The molecule has 0 atom stereocenters. The van der Waals surface area contributed by atoms with Crippen LogP contribution in [0.3, 0.4) is 0 Å². The number of amides is 4. The van der Waals surface area contributed by atoms with Gasteiger partial charge >= 0.3 is 6.03 Å². The number of imide groups is 1. The van der Waals surface area contributed by atoms with E-state index in [-0.39, 0.29) is 47.7 Å². The molecule has 0 aromatic carbocycles. The lowest BCUT2D eigenvalue weighted by Crippen LogP contribution is -2.61. The number of carbonyl (C=O) groups is 3. The van der Waals surface area contributed by atoms with Crippen molar-refractivity contribution in [1.82, 2.24) is 29.2 Å². The molecule has 3 saturated heterocycles. The maximum atomic E-state index is 15.2. The quantitative estimate of drug-likeness (QED) is 0.206. The van der Waals surface area contributed by atoms with Gasteiger partial charge in [-0.3, -0.25) is 24.6 Å². The molecule has 57 heavy (non-hydrogen) atoms. The molecule has 0 bridgehead atoms. The van der Waals surface area contributed by atoms with Crippen molar-refractivity contribution >= 4 is 40.7 Å². The topological polar surface area (TPSA) is 146 Å². The molecule has 4 aromatic rings. The van der Waals surface area contributed by atoms with Crippen molar-refractivity contribution < 1.29 is 23.5 Å². The molecule has 3 aliphatic heterocycles.